The SMILES string of the molecule is CC[C@H](C)[C@H](NC(=O)[C@@H]1CCCN1C(=O)[C@@H](N)CC(C)C)C(=O)N[C@@H](CC(N)=O)C(=O)N[C@@H](C)C(=O)N[C@@H](CC(C)C)C(=O)N[C@@H](CO)C(=O)N[C@@H](CC(N)=O)C(=O)N[C@@H](CO)C(=O)N[C@@H](CC(C)C)C(=O)O. The van der Waals surface area contributed by atoms with Crippen LogP contribution in [0.25, 0.3) is 0 Å². The Labute approximate surface area is 425 Å². The number of aliphatic hydroxyl groups is 2. The number of carbonyl (C=O) groups excluding carboxylic acids is 11. The smallest absolute Gasteiger partial charge is 0.326 e. The highest BCUT2D eigenvalue weighted by molar-refractivity contribution is 6.00. The third-order valence-corrected chi connectivity index (χ3v) is 11.8. The number of rotatable bonds is 32. The molecule has 0 bridgehead atoms. The minimum absolute atomic E-state index is 0.00494. The molecule has 414 valence electrons. The zero-order chi connectivity index (χ0) is 56.0. The van der Waals surface area contributed by atoms with Gasteiger partial charge in [-0.2, -0.15) is 0 Å². The Balaban J connectivity index is 3.20. The molecule has 0 unspecified atom stereocenters. The van der Waals surface area contributed by atoms with Gasteiger partial charge in [-0.15, -0.1) is 0 Å². The highest BCUT2D eigenvalue weighted by Gasteiger charge is 2.40. The third kappa shape index (κ3) is 22.0. The van der Waals surface area contributed by atoms with E-state index in [1.54, 1.807) is 41.5 Å². The predicted octanol–water partition coefficient (Wildman–Crippen LogP) is -4.79. The van der Waals surface area contributed by atoms with E-state index in [0.717, 1.165) is 0 Å². The normalized spacial score (nSPS) is 17.5. The van der Waals surface area contributed by atoms with Crippen LogP contribution in [0, 0.1) is 23.7 Å². The van der Waals surface area contributed by atoms with E-state index in [9.17, 15) is 72.9 Å². The number of hydrogen-bond donors (Lipinski definition) is 14. The quantitative estimate of drug-likeness (QED) is 0.0301. The van der Waals surface area contributed by atoms with Crippen LogP contribution in [0.5, 0.6) is 0 Å². The summed E-state index contributed by atoms with van der Waals surface area (Å²) in [4.78, 5) is 158. The lowest BCUT2D eigenvalue weighted by atomic mass is 9.97. The van der Waals surface area contributed by atoms with Crippen molar-refractivity contribution in [2.45, 2.75) is 174 Å². The van der Waals surface area contributed by atoms with Crippen LogP contribution >= 0.6 is 0 Å². The molecule has 17 N–H and O–H groups in total. The molecule has 1 aliphatic heterocycles. The summed E-state index contributed by atoms with van der Waals surface area (Å²) >= 11 is 0. The summed E-state index contributed by atoms with van der Waals surface area (Å²) in [6.07, 6.45) is -0.0607. The molecule has 1 rings (SSSR count). The lowest BCUT2D eigenvalue weighted by Gasteiger charge is -2.31. The molecule has 1 aliphatic rings. The van der Waals surface area contributed by atoms with Crippen molar-refractivity contribution in [1.82, 2.24) is 47.4 Å². The van der Waals surface area contributed by atoms with Gasteiger partial charge in [0.15, 0.2) is 0 Å². The van der Waals surface area contributed by atoms with E-state index in [2.05, 4.69) is 42.5 Å². The third-order valence-electron chi connectivity index (χ3n) is 11.8. The number of amides is 11. The summed E-state index contributed by atoms with van der Waals surface area (Å²) < 4.78 is 0. The zero-order valence-electron chi connectivity index (χ0n) is 43.3. The summed E-state index contributed by atoms with van der Waals surface area (Å²) in [5.74, 6) is -12.9. The number of aliphatic hydroxyl groups excluding tert-OH is 2. The number of aliphatic carboxylic acids is 1. The van der Waals surface area contributed by atoms with Gasteiger partial charge < -0.3 is 80.0 Å². The maximum Gasteiger partial charge on any atom is 0.326 e. The van der Waals surface area contributed by atoms with E-state index in [0.29, 0.717) is 32.2 Å². The first-order valence-electron chi connectivity index (χ1n) is 24.5. The Morgan fingerprint density at radius 2 is 0.932 bits per heavy atom. The molecular formula is C46H80N12O15. The maximum absolute atomic E-state index is 13.8. The number of carboxylic acids is 1. The number of nitrogens with one attached hydrogen (secondary N) is 8. The standard InChI is InChI=1S/C46H80N12O15/c1-10-24(8)36(57-43(69)33-12-11-13-58(33)45(71)26(47)14-21(2)3)44(70)53-28(17-34(48)61)38(64)50-25(9)37(63)51-27(15-22(4)5)39(65)55-31(19-59)41(67)52-29(18-35(49)62)40(66)56-32(20-60)42(68)54-30(46(72)73)16-23(6)7/h21-33,36,59-60H,10-20,47H2,1-9H3,(H2,48,61)(H2,49,62)(H,50,64)(H,51,63)(H,52,67)(H,53,70)(H,54,68)(H,55,65)(H,56,66)(H,57,69)(H,72,73)/t24-,25-,26-,27-,28-,29-,30-,31-,32-,33-,36-/m0/s1. The van der Waals surface area contributed by atoms with Gasteiger partial charge >= 0.3 is 5.97 Å². The molecule has 1 heterocycles. The molecule has 0 aromatic rings. The Morgan fingerprint density at radius 1 is 0.534 bits per heavy atom. The number of hydrogen-bond acceptors (Lipinski definition) is 15. The molecule has 11 amide bonds. The summed E-state index contributed by atoms with van der Waals surface area (Å²) in [5, 5.41) is 48.1. The van der Waals surface area contributed by atoms with Crippen LogP contribution in [0.15, 0.2) is 0 Å². The van der Waals surface area contributed by atoms with E-state index in [1.807, 2.05) is 13.8 Å². The molecule has 1 saturated heterocycles. The minimum atomic E-state index is -1.85. The molecule has 0 aromatic carbocycles. The van der Waals surface area contributed by atoms with Gasteiger partial charge in [0.05, 0.1) is 32.1 Å². The fraction of sp³-hybridized carbons (Fsp3) is 0.739. The summed E-state index contributed by atoms with van der Waals surface area (Å²) in [6.45, 7) is 13.4. The van der Waals surface area contributed by atoms with Crippen molar-refractivity contribution in [3.63, 3.8) is 0 Å². The second-order valence-corrected chi connectivity index (χ2v) is 19.7. The van der Waals surface area contributed by atoms with E-state index in [-0.39, 0.29) is 30.6 Å². The van der Waals surface area contributed by atoms with Gasteiger partial charge in [-0.25, -0.2) is 4.79 Å². The van der Waals surface area contributed by atoms with E-state index in [1.165, 1.54) is 11.8 Å². The Hall–Kier alpha value is -6.48. The average molecular weight is 1040 g/mol. The predicted molar refractivity (Wildman–Crippen MR) is 261 cm³/mol. The van der Waals surface area contributed by atoms with Crippen molar-refractivity contribution in [2.24, 2.45) is 40.9 Å². The number of likely N-dealkylation sites (tertiary alicyclic amines) is 1. The molecule has 27 heteroatoms. The fourth-order valence-electron chi connectivity index (χ4n) is 7.71. The topological polar surface area (TPSA) is 443 Å². The molecule has 0 aromatic heterocycles. The van der Waals surface area contributed by atoms with Crippen molar-refractivity contribution in [3.8, 4) is 0 Å². The van der Waals surface area contributed by atoms with E-state index in [4.69, 9.17) is 17.2 Å². The van der Waals surface area contributed by atoms with E-state index >= 15 is 0 Å². The van der Waals surface area contributed by atoms with Crippen molar-refractivity contribution >= 4 is 70.9 Å². The van der Waals surface area contributed by atoms with Crippen LogP contribution in [-0.4, -0.2) is 171 Å². The molecule has 73 heavy (non-hydrogen) atoms. The van der Waals surface area contributed by atoms with Crippen molar-refractivity contribution in [2.75, 3.05) is 19.8 Å². The first-order valence-corrected chi connectivity index (χ1v) is 24.5. The Kier molecular flexibility index (Phi) is 27.6. The monoisotopic (exact) mass is 1040 g/mol. The minimum Gasteiger partial charge on any atom is -0.480 e. The molecule has 0 spiro atoms. The molecule has 11 atom stereocenters. The van der Waals surface area contributed by atoms with Gasteiger partial charge in [-0.1, -0.05) is 61.8 Å². The van der Waals surface area contributed by atoms with Gasteiger partial charge in [0, 0.05) is 6.54 Å². The van der Waals surface area contributed by atoms with Crippen molar-refractivity contribution in [3.05, 3.63) is 0 Å². The zero-order valence-corrected chi connectivity index (χ0v) is 43.3. The van der Waals surface area contributed by atoms with Gasteiger partial charge in [0.1, 0.15) is 54.4 Å². The van der Waals surface area contributed by atoms with Gasteiger partial charge in [-0.3, -0.25) is 52.7 Å². The van der Waals surface area contributed by atoms with Crippen LogP contribution in [0.4, 0.5) is 0 Å². The first kappa shape index (κ1) is 64.5. The number of carboxylic acid groups (broad SMARTS) is 1. The molecular weight excluding hydrogens is 961 g/mol. The molecule has 27 nitrogen and oxygen atoms in total. The van der Waals surface area contributed by atoms with Crippen molar-refractivity contribution < 1.29 is 72.9 Å². The largest absolute Gasteiger partial charge is 0.480 e. The number of carbonyl (C=O) groups is 12. The Bertz CT molecular complexity index is 1970. The number of primary amides is 2. The van der Waals surface area contributed by atoms with Crippen LogP contribution < -0.4 is 59.7 Å². The van der Waals surface area contributed by atoms with Crippen LogP contribution in [0.2, 0.25) is 0 Å². The van der Waals surface area contributed by atoms with Gasteiger partial charge in [0.2, 0.25) is 65.0 Å². The lowest BCUT2D eigenvalue weighted by Crippen LogP contribution is -2.61. The summed E-state index contributed by atoms with van der Waals surface area (Å²) in [5.41, 5.74) is 16.9. The van der Waals surface area contributed by atoms with Gasteiger partial charge in [0.25, 0.3) is 0 Å². The number of nitrogens with two attached hydrogens (primary N) is 3. The molecule has 0 saturated carbocycles. The van der Waals surface area contributed by atoms with Crippen LogP contribution in [0.3, 0.4) is 0 Å². The average Bonchev–Trinajstić information content (AvgIpc) is 3.79. The summed E-state index contributed by atoms with van der Waals surface area (Å²) in [6, 6.07) is -14.4. The first-order chi connectivity index (χ1) is 34.0. The molecule has 0 aliphatic carbocycles. The van der Waals surface area contributed by atoms with Crippen LogP contribution in [-0.2, 0) is 57.5 Å². The highest BCUT2D eigenvalue weighted by atomic mass is 16.4. The second-order valence-electron chi connectivity index (χ2n) is 19.7. The van der Waals surface area contributed by atoms with Crippen LogP contribution in [0.1, 0.15) is 114 Å². The summed E-state index contributed by atoms with van der Waals surface area (Å²) in [7, 11) is 0. The molecule has 0 radical (unpaired) electrons. The maximum atomic E-state index is 13.8. The number of nitrogens with zero attached hydrogens (tertiary/aromatic N) is 1. The molecule has 1 fully saturated rings. The Morgan fingerprint density at radius 3 is 1.37 bits per heavy atom. The fourth-order valence-corrected chi connectivity index (χ4v) is 7.71. The second kappa shape index (κ2) is 31.2. The lowest BCUT2D eigenvalue weighted by molar-refractivity contribution is -0.143. The van der Waals surface area contributed by atoms with E-state index < -0.39 is 163 Å². The van der Waals surface area contributed by atoms with Crippen molar-refractivity contribution in [1.29, 1.82) is 0 Å². The van der Waals surface area contributed by atoms with Gasteiger partial charge in [-0.05, 0) is 62.7 Å². The highest BCUT2D eigenvalue weighted by Crippen LogP contribution is 2.21.